The Bertz CT molecular complexity index is 488. The summed E-state index contributed by atoms with van der Waals surface area (Å²) in [6.45, 7) is 1.86. The van der Waals surface area contributed by atoms with Gasteiger partial charge in [-0.05, 0) is 30.4 Å². The summed E-state index contributed by atoms with van der Waals surface area (Å²) in [5, 5.41) is 11.4. The fourth-order valence-electron chi connectivity index (χ4n) is 1.61. The van der Waals surface area contributed by atoms with Crippen molar-refractivity contribution in [1.82, 2.24) is 4.98 Å². The van der Waals surface area contributed by atoms with Gasteiger partial charge in [0.1, 0.15) is 18.1 Å². The molecule has 1 saturated carbocycles. The number of carbonyl (C=O) groups excluding carboxylic acids is 1. The van der Waals surface area contributed by atoms with Crippen molar-refractivity contribution in [3.05, 3.63) is 23.9 Å². The van der Waals surface area contributed by atoms with Gasteiger partial charge in [0, 0.05) is 5.92 Å². The number of anilines is 1. The Balaban J connectivity index is 2.03. The summed E-state index contributed by atoms with van der Waals surface area (Å²) in [5.41, 5.74) is 0.542. The smallest absolute Gasteiger partial charge is 0.228 e. The largest absolute Gasteiger partial charge is 0.384 e. The van der Waals surface area contributed by atoms with Crippen molar-refractivity contribution in [2.45, 2.75) is 13.3 Å². The molecule has 1 fully saturated rings. The quantitative estimate of drug-likeness (QED) is 0.746. The van der Waals surface area contributed by atoms with E-state index in [1.54, 1.807) is 18.2 Å². The zero-order valence-corrected chi connectivity index (χ0v) is 9.60. The van der Waals surface area contributed by atoms with Crippen LogP contribution in [0.25, 0.3) is 0 Å². The molecule has 2 unspecified atom stereocenters. The highest BCUT2D eigenvalue weighted by atomic mass is 16.2. The Hall–Kier alpha value is -1.86. The molecule has 1 aliphatic carbocycles. The highest BCUT2D eigenvalue weighted by Gasteiger charge is 2.39. The molecular formula is C13H14N2O2. The van der Waals surface area contributed by atoms with E-state index in [0.717, 1.165) is 6.42 Å². The highest BCUT2D eigenvalue weighted by molar-refractivity contribution is 5.93. The standard InChI is InChI=1S/C13H14N2O2/c1-9-8-11(9)13(17)15-12-6-2-4-10(14-12)5-3-7-16/h2,4,6,9,11,16H,7-8H2,1H3,(H,14,15,17). The van der Waals surface area contributed by atoms with Gasteiger partial charge < -0.3 is 10.4 Å². The lowest BCUT2D eigenvalue weighted by atomic mass is 10.3. The van der Waals surface area contributed by atoms with Crippen LogP contribution >= 0.6 is 0 Å². The Morgan fingerprint density at radius 1 is 1.65 bits per heavy atom. The predicted octanol–water partition coefficient (Wildman–Crippen LogP) is 1.02. The van der Waals surface area contributed by atoms with E-state index >= 15 is 0 Å². The Labute approximate surface area is 100 Å². The van der Waals surface area contributed by atoms with Crippen molar-refractivity contribution in [2.75, 3.05) is 11.9 Å². The molecule has 1 amide bonds. The van der Waals surface area contributed by atoms with Gasteiger partial charge in [-0.1, -0.05) is 18.9 Å². The number of pyridine rings is 1. The monoisotopic (exact) mass is 230 g/mol. The lowest BCUT2D eigenvalue weighted by Gasteiger charge is -2.03. The first-order chi connectivity index (χ1) is 8.20. The molecule has 0 saturated heterocycles. The molecule has 2 N–H and O–H groups in total. The Morgan fingerprint density at radius 2 is 2.41 bits per heavy atom. The van der Waals surface area contributed by atoms with E-state index in [1.165, 1.54) is 0 Å². The highest BCUT2D eigenvalue weighted by Crippen LogP contribution is 2.38. The maximum atomic E-state index is 11.7. The second-order valence-corrected chi connectivity index (χ2v) is 4.18. The van der Waals surface area contributed by atoms with Gasteiger partial charge in [-0.15, -0.1) is 0 Å². The first kappa shape index (κ1) is 11.6. The van der Waals surface area contributed by atoms with Gasteiger partial charge in [-0.3, -0.25) is 4.79 Å². The molecule has 0 aromatic carbocycles. The molecule has 17 heavy (non-hydrogen) atoms. The summed E-state index contributed by atoms with van der Waals surface area (Å²) >= 11 is 0. The van der Waals surface area contributed by atoms with E-state index in [9.17, 15) is 4.79 Å². The van der Waals surface area contributed by atoms with E-state index in [4.69, 9.17) is 5.11 Å². The third kappa shape index (κ3) is 3.05. The lowest BCUT2D eigenvalue weighted by molar-refractivity contribution is -0.117. The van der Waals surface area contributed by atoms with Crippen molar-refractivity contribution >= 4 is 11.7 Å². The zero-order valence-electron chi connectivity index (χ0n) is 9.60. The normalized spacial score (nSPS) is 21.3. The molecule has 4 nitrogen and oxygen atoms in total. The first-order valence-corrected chi connectivity index (χ1v) is 5.58. The summed E-state index contributed by atoms with van der Waals surface area (Å²) < 4.78 is 0. The third-order valence-electron chi connectivity index (χ3n) is 2.74. The van der Waals surface area contributed by atoms with Gasteiger partial charge in [0.25, 0.3) is 0 Å². The molecule has 0 aliphatic heterocycles. The molecule has 1 heterocycles. The van der Waals surface area contributed by atoms with Gasteiger partial charge in [0.05, 0.1) is 0 Å². The number of amides is 1. The van der Waals surface area contributed by atoms with Gasteiger partial charge in [0.2, 0.25) is 5.91 Å². The molecule has 88 valence electrons. The number of hydrogen-bond acceptors (Lipinski definition) is 3. The molecule has 1 aromatic rings. The minimum absolute atomic E-state index is 0.0252. The summed E-state index contributed by atoms with van der Waals surface area (Å²) in [4.78, 5) is 15.9. The fourth-order valence-corrected chi connectivity index (χ4v) is 1.61. The number of nitrogens with one attached hydrogen (secondary N) is 1. The molecule has 2 atom stereocenters. The number of hydrogen-bond donors (Lipinski definition) is 2. The first-order valence-electron chi connectivity index (χ1n) is 5.58. The van der Waals surface area contributed by atoms with Crippen LogP contribution in [-0.2, 0) is 4.79 Å². The molecule has 2 rings (SSSR count). The Morgan fingerprint density at radius 3 is 3.06 bits per heavy atom. The van der Waals surface area contributed by atoms with Crippen LogP contribution in [0.3, 0.4) is 0 Å². The molecule has 0 radical (unpaired) electrons. The van der Waals surface area contributed by atoms with E-state index < -0.39 is 0 Å². The number of rotatable bonds is 2. The SMILES string of the molecule is CC1CC1C(=O)Nc1cccc(C#CCO)n1. The van der Waals surface area contributed by atoms with Gasteiger partial charge in [-0.25, -0.2) is 4.98 Å². The van der Waals surface area contributed by atoms with Crippen molar-refractivity contribution in [3.63, 3.8) is 0 Å². The topological polar surface area (TPSA) is 62.2 Å². The summed E-state index contributed by atoms with van der Waals surface area (Å²) in [6, 6.07) is 5.24. The van der Waals surface area contributed by atoms with Crippen LogP contribution in [-0.4, -0.2) is 22.6 Å². The summed E-state index contributed by atoms with van der Waals surface area (Å²) in [6.07, 6.45) is 0.954. The van der Waals surface area contributed by atoms with E-state index in [-0.39, 0.29) is 18.4 Å². The molecular weight excluding hydrogens is 216 g/mol. The average molecular weight is 230 g/mol. The van der Waals surface area contributed by atoms with Crippen molar-refractivity contribution in [1.29, 1.82) is 0 Å². The van der Waals surface area contributed by atoms with Crippen LogP contribution in [0.2, 0.25) is 0 Å². The summed E-state index contributed by atoms with van der Waals surface area (Å²) in [5.74, 6) is 6.36. The maximum absolute atomic E-state index is 11.7. The number of carbonyl (C=O) groups is 1. The van der Waals surface area contributed by atoms with Crippen LogP contribution < -0.4 is 5.32 Å². The summed E-state index contributed by atoms with van der Waals surface area (Å²) in [7, 11) is 0. The lowest BCUT2D eigenvalue weighted by Crippen LogP contribution is -2.15. The van der Waals surface area contributed by atoms with Crippen LogP contribution in [0.1, 0.15) is 19.0 Å². The number of aliphatic hydroxyl groups is 1. The maximum Gasteiger partial charge on any atom is 0.228 e. The predicted molar refractivity (Wildman–Crippen MR) is 64.1 cm³/mol. The van der Waals surface area contributed by atoms with Crippen molar-refractivity contribution < 1.29 is 9.90 Å². The molecule has 0 spiro atoms. The average Bonchev–Trinajstić information content (AvgIpc) is 3.04. The molecule has 1 aliphatic rings. The van der Waals surface area contributed by atoms with E-state index in [0.29, 0.717) is 17.4 Å². The molecule has 1 aromatic heterocycles. The van der Waals surface area contributed by atoms with Crippen LogP contribution in [0.5, 0.6) is 0 Å². The Kier molecular flexibility index (Phi) is 3.40. The van der Waals surface area contributed by atoms with E-state index in [1.807, 2.05) is 0 Å². The molecule has 0 bridgehead atoms. The van der Waals surface area contributed by atoms with E-state index in [2.05, 4.69) is 29.1 Å². The van der Waals surface area contributed by atoms with Crippen LogP contribution in [0, 0.1) is 23.7 Å². The second kappa shape index (κ2) is 4.98. The minimum atomic E-state index is -0.197. The van der Waals surface area contributed by atoms with Crippen molar-refractivity contribution in [2.24, 2.45) is 11.8 Å². The second-order valence-electron chi connectivity index (χ2n) is 4.18. The molecule has 4 heteroatoms. The minimum Gasteiger partial charge on any atom is -0.384 e. The van der Waals surface area contributed by atoms with Crippen molar-refractivity contribution in [3.8, 4) is 11.8 Å². The fraction of sp³-hybridized carbons (Fsp3) is 0.385. The number of nitrogens with zero attached hydrogens (tertiary/aromatic N) is 1. The zero-order chi connectivity index (χ0) is 12.3. The van der Waals surface area contributed by atoms with Gasteiger partial charge in [0.15, 0.2) is 0 Å². The van der Waals surface area contributed by atoms with Crippen LogP contribution in [0.15, 0.2) is 18.2 Å². The van der Waals surface area contributed by atoms with Gasteiger partial charge in [-0.2, -0.15) is 0 Å². The number of aliphatic hydroxyl groups excluding tert-OH is 1. The number of aromatic nitrogens is 1. The third-order valence-corrected chi connectivity index (χ3v) is 2.74. The van der Waals surface area contributed by atoms with Crippen LogP contribution in [0.4, 0.5) is 5.82 Å². The van der Waals surface area contributed by atoms with Gasteiger partial charge >= 0.3 is 0 Å².